The zero-order valence-electron chi connectivity index (χ0n) is 47.2. The standard InChI is InChI=1S/8C9H7N.8ClH/c8*1-2-4-9-7-10-6-5-8(9)3-1;;;;;;;;/h8*1-7H;8*1H. The van der Waals surface area contributed by atoms with Crippen LogP contribution in [0.1, 0.15) is 0 Å². The van der Waals surface area contributed by atoms with E-state index in [2.05, 4.69) is 137 Å². The van der Waals surface area contributed by atoms with Crippen molar-refractivity contribution in [3.05, 3.63) is 342 Å². The lowest BCUT2D eigenvalue weighted by molar-refractivity contribution is 1.36. The molecule has 0 bridgehead atoms. The predicted octanol–water partition coefficient (Wildman–Crippen LogP) is 21.3. The Kier molecular flexibility index (Phi) is 38.6. The van der Waals surface area contributed by atoms with Crippen LogP contribution in [-0.4, -0.2) is 39.9 Å². The van der Waals surface area contributed by atoms with Crippen LogP contribution in [0.4, 0.5) is 0 Å². The first-order chi connectivity index (χ1) is 39.7. The summed E-state index contributed by atoms with van der Waals surface area (Å²) in [5.41, 5.74) is 0. The lowest BCUT2D eigenvalue weighted by Gasteiger charge is -1.91. The van der Waals surface area contributed by atoms with Crippen LogP contribution in [0, 0.1) is 0 Å². The first-order valence-electron chi connectivity index (χ1n) is 26.0. The second-order valence-electron chi connectivity index (χ2n) is 17.8. The first-order valence-corrected chi connectivity index (χ1v) is 26.0. The summed E-state index contributed by atoms with van der Waals surface area (Å²) in [6.07, 6.45) is 29.4. The summed E-state index contributed by atoms with van der Waals surface area (Å²) in [5, 5.41) is 19.6. The van der Waals surface area contributed by atoms with Gasteiger partial charge in [-0.2, -0.15) is 0 Å². The maximum absolute atomic E-state index is 4.01. The van der Waals surface area contributed by atoms with Crippen LogP contribution in [0.5, 0.6) is 0 Å². The fraction of sp³-hybridized carbons (Fsp3) is 0. The van der Waals surface area contributed by atoms with Gasteiger partial charge in [0, 0.05) is 99.1 Å². The van der Waals surface area contributed by atoms with Crippen molar-refractivity contribution in [1.82, 2.24) is 39.9 Å². The minimum absolute atomic E-state index is 0. The summed E-state index contributed by atoms with van der Waals surface area (Å²) in [5.74, 6) is 0. The van der Waals surface area contributed by atoms with E-state index in [0.717, 1.165) is 0 Å². The summed E-state index contributed by atoms with van der Waals surface area (Å²) in [4.78, 5) is 32.1. The molecule has 0 aliphatic rings. The average molecular weight is 1320 g/mol. The number of rotatable bonds is 0. The first kappa shape index (κ1) is 77.4. The van der Waals surface area contributed by atoms with Gasteiger partial charge in [0.1, 0.15) is 0 Å². The molecule has 0 amide bonds. The van der Waals surface area contributed by atoms with Crippen molar-refractivity contribution in [2.45, 2.75) is 0 Å². The lowest BCUT2D eigenvalue weighted by atomic mass is 10.2. The van der Waals surface area contributed by atoms with Gasteiger partial charge in [-0.05, 0) is 135 Å². The maximum Gasteiger partial charge on any atom is 0.0346 e. The van der Waals surface area contributed by atoms with Crippen LogP contribution < -0.4 is 0 Å². The van der Waals surface area contributed by atoms with Crippen molar-refractivity contribution in [3.63, 3.8) is 0 Å². The van der Waals surface area contributed by atoms with E-state index in [-0.39, 0.29) is 99.3 Å². The fourth-order valence-corrected chi connectivity index (χ4v) is 8.22. The van der Waals surface area contributed by atoms with Gasteiger partial charge in [0.15, 0.2) is 0 Å². The zero-order chi connectivity index (χ0) is 54.5. The molecule has 0 N–H and O–H groups in total. The minimum atomic E-state index is 0. The monoisotopic (exact) mass is 1320 g/mol. The van der Waals surface area contributed by atoms with E-state index in [0.29, 0.717) is 0 Å². The molecule has 0 saturated heterocycles. The summed E-state index contributed by atoms with van der Waals surface area (Å²) in [7, 11) is 0. The molecule has 0 unspecified atom stereocenters. The Labute approximate surface area is 562 Å². The van der Waals surface area contributed by atoms with E-state index in [1.54, 1.807) is 0 Å². The molecule has 0 radical (unpaired) electrons. The highest BCUT2D eigenvalue weighted by atomic mass is 35.5. The molecule has 0 fully saturated rings. The Morgan fingerprint density at radius 3 is 0.295 bits per heavy atom. The number of benzene rings is 8. The van der Waals surface area contributed by atoms with Gasteiger partial charge in [-0.1, -0.05) is 194 Å². The van der Waals surface area contributed by atoms with E-state index in [4.69, 9.17) is 0 Å². The molecule has 88 heavy (non-hydrogen) atoms. The fourth-order valence-electron chi connectivity index (χ4n) is 8.22. The quantitative estimate of drug-likeness (QED) is 0.148. The Hall–Kier alpha value is -8.64. The molecule has 8 aromatic heterocycles. The molecule has 8 nitrogen and oxygen atoms in total. The normalized spacial score (nSPS) is 9.09. The SMILES string of the molecule is Cl.Cl.Cl.Cl.Cl.Cl.Cl.Cl.c1ccc2cnccc2c1.c1ccc2cnccc2c1.c1ccc2cnccc2c1.c1ccc2cnccc2c1.c1ccc2cnccc2c1.c1ccc2cnccc2c1.c1ccc2cnccc2c1.c1ccc2cnccc2c1. The van der Waals surface area contributed by atoms with Gasteiger partial charge in [-0.15, -0.1) is 99.3 Å². The number of hydrogen-bond acceptors (Lipinski definition) is 8. The molecule has 16 heteroatoms. The van der Waals surface area contributed by atoms with Crippen LogP contribution in [-0.2, 0) is 0 Å². The third kappa shape index (κ3) is 24.6. The summed E-state index contributed by atoms with van der Waals surface area (Å²) >= 11 is 0. The third-order valence-electron chi connectivity index (χ3n) is 12.4. The van der Waals surface area contributed by atoms with Crippen LogP contribution >= 0.6 is 99.3 Å². The van der Waals surface area contributed by atoms with Crippen molar-refractivity contribution in [2.24, 2.45) is 0 Å². The molecule has 0 saturated carbocycles. The highest BCUT2D eigenvalue weighted by Gasteiger charge is 1.92. The topological polar surface area (TPSA) is 103 Å². The Bertz CT molecular complexity index is 3100. The second-order valence-corrected chi connectivity index (χ2v) is 17.8. The van der Waals surface area contributed by atoms with Crippen LogP contribution in [0.2, 0.25) is 0 Å². The third-order valence-corrected chi connectivity index (χ3v) is 12.4. The predicted molar refractivity (Wildman–Crippen MR) is 392 cm³/mol. The highest BCUT2D eigenvalue weighted by molar-refractivity contribution is 5.88. The Morgan fingerprint density at radius 1 is 0.114 bits per heavy atom. The van der Waals surface area contributed by atoms with E-state index in [1.165, 1.54) is 86.2 Å². The minimum Gasteiger partial charge on any atom is -0.264 e. The number of pyridine rings is 8. The molecule has 8 aromatic carbocycles. The van der Waals surface area contributed by atoms with Gasteiger partial charge in [0.05, 0.1) is 0 Å². The number of fused-ring (bicyclic) bond motifs is 8. The molecule has 448 valence electrons. The largest absolute Gasteiger partial charge is 0.264 e. The van der Waals surface area contributed by atoms with Crippen molar-refractivity contribution in [3.8, 4) is 0 Å². The maximum atomic E-state index is 4.01. The van der Waals surface area contributed by atoms with Gasteiger partial charge in [-0.3, -0.25) is 39.9 Å². The molecule has 0 spiro atoms. The van der Waals surface area contributed by atoms with Gasteiger partial charge >= 0.3 is 0 Å². The molecule has 16 aromatic rings. The van der Waals surface area contributed by atoms with Crippen LogP contribution in [0.25, 0.3) is 86.2 Å². The van der Waals surface area contributed by atoms with Gasteiger partial charge < -0.3 is 0 Å². The summed E-state index contributed by atoms with van der Waals surface area (Å²) < 4.78 is 0. The number of nitrogens with zero attached hydrogens (tertiary/aromatic N) is 8. The molecule has 0 aliphatic heterocycles. The van der Waals surface area contributed by atoms with E-state index in [1.807, 2.05) is 245 Å². The van der Waals surface area contributed by atoms with Crippen molar-refractivity contribution < 1.29 is 0 Å². The van der Waals surface area contributed by atoms with Gasteiger partial charge in [0.2, 0.25) is 0 Å². The molecule has 8 heterocycles. The zero-order valence-corrected chi connectivity index (χ0v) is 53.7. The number of halogens is 8. The molecule has 0 atom stereocenters. The summed E-state index contributed by atoms with van der Waals surface area (Å²) in [6.45, 7) is 0. The van der Waals surface area contributed by atoms with E-state index in [9.17, 15) is 0 Å². The lowest BCUT2D eigenvalue weighted by Crippen LogP contribution is -1.71. The average Bonchev–Trinajstić information content (AvgIpc) is 3.63. The smallest absolute Gasteiger partial charge is 0.0346 e. The second kappa shape index (κ2) is 43.9. The molecular weight excluding hydrogens is 1260 g/mol. The van der Waals surface area contributed by atoms with E-state index >= 15 is 0 Å². The van der Waals surface area contributed by atoms with Gasteiger partial charge in [0.25, 0.3) is 0 Å². The Balaban J connectivity index is 0.000000496. The molecular formula is C72H64Cl8N8. The van der Waals surface area contributed by atoms with E-state index < -0.39 is 0 Å². The van der Waals surface area contributed by atoms with Crippen molar-refractivity contribution in [1.29, 1.82) is 0 Å². The summed E-state index contributed by atoms with van der Waals surface area (Å²) in [6, 6.07) is 81.6. The highest BCUT2D eigenvalue weighted by Crippen LogP contribution is 2.15. The van der Waals surface area contributed by atoms with Crippen molar-refractivity contribution >= 4 is 185 Å². The number of aromatic nitrogens is 8. The van der Waals surface area contributed by atoms with Crippen molar-refractivity contribution in [2.75, 3.05) is 0 Å². The Morgan fingerprint density at radius 2 is 0.205 bits per heavy atom. The van der Waals surface area contributed by atoms with Crippen LogP contribution in [0.3, 0.4) is 0 Å². The number of hydrogen-bond donors (Lipinski definition) is 0. The molecule has 16 rings (SSSR count). The van der Waals surface area contributed by atoms with Gasteiger partial charge in [-0.25, -0.2) is 0 Å². The van der Waals surface area contributed by atoms with Crippen LogP contribution in [0.15, 0.2) is 342 Å². The molecule has 0 aliphatic carbocycles.